The molecule has 3 heteroatoms. The Labute approximate surface area is 156 Å². The molecule has 1 heterocycles. The van der Waals surface area contributed by atoms with Gasteiger partial charge in [-0.1, -0.05) is 12.2 Å². The largest absolute Gasteiger partial charge is 0.487 e. The van der Waals surface area contributed by atoms with Crippen molar-refractivity contribution in [2.24, 2.45) is 4.99 Å². The number of rotatable bonds is 3. The molecule has 1 aromatic rings. The van der Waals surface area contributed by atoms with Crippen LogP contribution >= 0.6 is 0 Å². The van der Waals surface area contributed by atoms with Crippen LogP contribution in [0.15, 0.2) is 57.6 Å². The molecule has 3 rings (SSSR count). The Morgan fingerprint density at radius 3 is 2.54 bits per heavy atom. The number of carbonyl (C=O) groups excluding carboxylic acids is 1. The maximum Gasteiger partial charge on any atom is 0.185 e. The first-order valence-corrected chi connectivity index (χ1v) is 9.07. The van der Waals surface area contributed by atoms with Gasteiger partial charge in [0.15, 0.2) is 5.78 Å². The number of Topliss-reactive ketones (excluding diaryl/α,β-unsaturated/α-hetero) is 1. The van der Waals surface area contributed by atoms with Crippen LogP contribution in [0, 0.1) is 0 Å². The van der Waals surface area contributed by atoms with Crippen LogP contribution in [-0.2, 0) is 11.2 Å². The van der Waals surface area contributed by atoms with E-state index in [1.807, 2.05) is 39.8 Å². The summed E-state index contributed by atoms with van der Waals surface area (Å²) in [6.07, 6.45) is 1.48. The van der Waals surface area contributed by atoms with Crippen molar-refractivity contribution in [1.29, 1.82) is 0 Å². The molecule has 0 saturated carbocycles. The summed E-state index contributed by atoms with van der Waals surface area (Å²) in [5.74, 6) is 1.06. The normalized spacial score (nSPS) is 20.5. The number of carbonyl (C=O) groups is 1. The molecule has 2 aliphatic rings. The van der Waals surface area contributed by atoms with Crippen LogP contribution in [0.5, 0.6) is 5.75 Å². The lowest BCUT2D eigenvalue weighted by Gasteiger charge is -2.22. The van der Waals surface area contributed by atoms with Crippen LogP contribution in [0.1, 0.15) is 53.5 Å². The smallest absolute Gasteiger partial charge is 0.185 e. The fourth-order valence-corrected chi connectivity index (χ4v) is 3.65. The maximum absolute atomic E-state index is 12.7. The second-order valence-corrected chi connectivity index (χ2v) is 8.11. The molecule has 136 valence electrons. The van der Waals surface area contributed by atoms with Gasteiger partial charge in [-0.3, -0.25) is 4.79 Å². The quantitative estimate of drug-likeness (QED) is 0.520. The Morgan fingerprint density at radius 1 is 1.19 bits per heavy atom. The molecule has 26 heavy (non-hydrogen) atoms. The minimum absolute atomic E-state index is 0.117. The van der Waals surface area contributed by atoms with Crippen molar-refractivity contribution in [2.45, 2.75) is 60.0 Å². The molecule has 0 amide bonds. The second-order valence-electron chi connectivity index (χ2n) is 8.11. The number of aliphatic imine (C=N–C) groups is 1. The Hall–Kier alpha value is -2.42. The summed E-state index contributed by atoms with van der Waals surface area (Å²) in [6.45, 7) is 16.0. The number of benzene rings is 1. The summed E-state index contributed by atoms with van der Waals surface area (Å²) >= 11 is 0. The molecule has 1 aromatic carbocycles. The lowest BCUT2D eigenvalue weighted by molar-refractivity contribution is -0.112. The molecule has 0 unspecified atom stereocenters. The van der Waals surface area contributed by atoms with E-state index in [9.17, 15) is 4.79 Å². The Bertz CT molecular complexity index is 910. The van der Waals surface area contributed by atoms with E-state index in [-0.39, 0.29) is 11.4 Å². The van der Waals surface area contributed by atoms with Crippen molar-refractivity contribution >= 4 is 17.2 Å². The number of ketones is 1. The van der Waals surface area contributed by atoms with Gasteiger partial charge in [0, 0.05) is 23.1 Å². The zero-order chi connectivity index (χ0) is 19.2. The Morgan fingerprint density at radius 2 is 1.88 bits per heavy atom. The van der Waals surface area contributed by atoms with E-state index in [0.717, 1.165) is 51.4 Å². The molecule has 0 radical (unpaired) electrons. The van der Waals surface area contributed by atoms with Crippen LogP contribution in [-0.4, -0.2) is 17.1 Å². The fraction of sp³-hybridized carbons (Fsp3) is 0.391. The van der Waals surface area contributed by atoms with Gasteiger partial charge in [-0.2, -0.15) is 0 Å². The van der Waals surface area contributed by atoms with Gasteiger partial charge in [0.1, 0.15) is 11.4 Å². The zero-order valence-corrected chi connectivity index (χ0v) is 16.6. The van der Waals surface area contributed by atoms with Gasteiger partial charge in [0.05, 0.1) is 11.4 Å². The van der Waals surface area contributed by atoms with Crippen molar-refractivity contribution < 1.29 is 9.53 Å². The third kappa shape index (κ3) is 3.31. The van der Waals surface area contributed by atoms with Crippen molar-refractivity contribution in [3.63, 3.8) is 0 Å². The van der Waals surface area contributed by atoms with Gasteiger partial charge in [-0.25, -0.2) is 4.99 Å². The van der Waals surface area contributed by atoms with Crippen LogP contribution in [0.25, 0.3) is 0 Å². The van der Waals surface area contributed by atoms with Crippen LogP contribution in [0.3, 0.4) is 0 Å². The Kier molecular flexibility index (Phi) is 4.51. The molecule has 0 saturated heterocycles. The lowest BCUT2D eigenvalue weighted by atomic mass is 9.83. The van der Waals surface area contributed by atoms with Gasteiger partial charge >= 0.3 is 0 Å². The minimum Gasteiger partial charge on any atom is -0.487 e. The molecule has 0 bridgehead atoms. The highest BCUT2D eigenvalue weighted by atomic mass is 16.5. The fourth-order valence-electron chi connectivity index (χ4n) is 3.65. The van der Waals surface area contributed by atoms with Crippen molar-refractivity contribution in [1.82, 2.24) is 0 Å². The van der Waals surface area contributed by atoms with Gasteiger partial charge in [0.2, 0.25) is 0 Å². The van der Waals surface area contributed by atoms with Gasteiger partial charge in [0.25, 0.3) is 0 Å². The lowest BCUT2D eigenvalue weighted by Crippen LogP contribution is -2.24. The van der Waals surface area contributed by atoms with Crippen molar-refractivity contribution in [3.8, 4) is 5.75 Å². The van der Waals surface area contributed by atoms with E-state index in [4.69, 9.17) is 9.73 Å². The first-order valence-electron chi connectivity index (χ1n) is 9.07. The SMILES string of the molecule is C=C(C)CC1=C(C)C(=Nc2ccc3c(c2)CC(C)(C)O3)C(C)=C(C)C1=O. The number of hydrogen-bond donors (Lipinski definition) is 0. The summed E-state index contributed by atoms with van der Waals surface area (Å²) < 4.78 is 5.95. The van der Waals surface area contributed by atoms with E-state index >= 15 is 0 Å². The average molecular weight is 349 g/mol. The standard InChI is InChI=1S/C23H27NO2/c1-13(2)10-19-16(5)21(14(3)15(4)22(19)25)24-18-8-9-20-17(11-18)12-23(6,7)26-20/h8-9,11H,1,10,12H2,2-7H3. The van der Waals surface area contributed by atoms with E-state index in [1.54, 1.807) is 0 Å². The van der Waals surface area contributed by atoms with E-state index in [1.165, 1.54) is 5.56 Å². The molecule has 1 aliphatic heterocycles. The third-order valence-corrected chi connectivity index (χ3v) is 5.11. The number of hydrogen-bond acceptors (Lipinski definition) is 3. The number of nitrogens with zero attached hydrogens (tertiary/aromatic N) is 1. The second kappa shape index (κ2) is 6.39. The summed E-state index contributed by atoms with van der Waals surface area (Å²) in [4.78, 5) is 17.6. The molecule has 1 aliphatic carbocycles. The zero-order valence-electron chi connectivity index (χ0n) is 16.6. The number of fused-ring (bicyclic) bond motifs is 1. The molecule has 0 atom stereocenters. The maximum atomic E-state index is 12.7. The molecular weight excluding hydrogens is 322 g/mol. The predicted molar refractivity (Wildman–Crippen MR) is 107 cm³/mol. The van der Waals surface area contributed by atoms with Crippen LogP contribution in [0.4, 0.5) is 5.69 Å². The summed E-state index contributed by atoms with van der Waals surface area (Å²) in [6, 6.07) is 6.08. The Balaban J connectivity index is 2.06. The average Bonchev–Trinajstić information content (AvgIpc) is 2.86. The van der Waals surface area contributed by atoms with Crippen molar-refractivity contribution in [2.75, 3.05) is 0 Å². The summed E-state index contributed by atoms with van der Waals surface area (Å²) in [7, 11) is 0. The molecule has 0 aromatic heterocycles. The molecule has 3 nitrogen and oxygen atoms in total. The van der Waals surface area contributed by atoms with Gasteiger partial charge < -0.3 is 4.74 Å². The van der Waals surface area contributed by atoms with E-state index in [0.29, 0.717) is 6.42 Å². The first kappa shape index (κ1) is 18.4. The topological polar surface area (TPSA) is 38.7 Å². The summed E-state index contributed by atoms with van der Waals surface area (Å²) in [5.41, 5.74) is 7.30. The minimum atomic E-state index is -0.164. The van der Waals surface area contributed by atoms with Gasteiger partial charge in [-0.15, -0.1) is 0 Å². The highest BCUT2D eigenvalue weighted by Crippen LogP contribution is 2.38. The molecule has 0 N–H and O–H groups in total. The van der Waals surface area contributed by atoms with E-state index < -0.39 is 0 Å². The number of allylic oxidation sites excluding steroid dienone is 5. The summed E-state index contributed by atoms with van der Waals surface area (Å²) in [5, 5.41) is 0. The highest BCUT2D eigenvalue weighted by Gasteiger charge is 2.30. The first-order chi connectivity index (χ1) is 12.1. The molecular formula is C23H27NO2. The molecule has 0 spiro atoms. The van der Waals surface area contributed by atoms with Crippen LogP contribution < -0.4 is 4.74 Å². The predicted octanol–water partition coefficient (Wildman–Crippen LogP) is 5.67. The van der Waals surface area contributed by atoms with Gasteiger partial charge in [-0.05, 0) is 77.3 Å². The highest BCUT2D eigenvalue weighted by molar-refractivity contribution is 6.27. The third-order valence-electron chi connectivity index (χ3n) is 5.11. The monoisotopic (exact) mass is 349 g/mol. The van der Waals surface area contributed by atoms with E-state index in [2.05, 4.69) is 26.5 Å². The van der Waals surface area contributed by atoms with Crippen LogP contribution in [0.2, 0.25) is 0 Å². The molecule has 0 fully saturated rings. The van der Waals surface area contributed by atoms with Crippen molar-refractivity contribution in [3.05, 3.63) is 58.2 Å². The number of ether oxygens (including phenoxy) is 1.